The Balaban J connectivity index is 1.59. The molecule has 0 spiro atoms. The van der Waals surface area contributed by atoms with Gasteiger partial charge in [0.1, 0.15) is 6.10 Å². The average molecular weight is 345 g/mol. The Morgan fingerprint density at radius 1 is 1.40 bits per heavy atom. The highest BCUT2D eigenvalue weighted by molar-refractivity contribution is 5.89. The van der Waals surface area contributed by atoms with Crippen molar-refractivity contribution < 1.29 is 14.3 Å². The molecule has 25 heavy (non-hydrogen) atoms. The second-order valence-corrected chi connectivity index (χ2v) is 5.68. The largest absolute Gasteiger partial charge is 0.478 e. The predicted molar refractivity (Wildman–Crippen MR) is 92.6 cm³/mol. The molecule has 2 aromatic rings. The van der Waals surface area contributed by atoms with Gasteiger partial charge in [-0.3, -0.25) is 4.68 Å². The van der Waals surface area contributed by atoms with Crippen LogP contribution in [0.25, 0.3) is 0 Å². The van der Waals surface area contributed by atoms with Gasteiger partial charge in [-0.25, -0.2) is 9.78 Å². The maximum Gasteiger partial charge on any atom is 0.322 e. The van der Waals surface area contributed by atoms with Gasteiger partial charge in [0.2, 0.25) is 5.88 Å². The zero-order valence-electron chi connectivity index (χ0n) is 14.5. The minimum Gasteiger partial charge on any atom is -0.478 e. The number of hydrogen-bond acceptors (Lipinski definition) is 5. The van der Waals surface area contributed by atoms with Crippen molar-refractivity contribution in [2.45, 2.75) is 26.5 Å². The van der Waals surface area contributed by atoms with E-state index < -0.39 is 0 Å². The number of nitrogens with one attached hydrogen (secondary N) is 1. The first kappa shape index (κ1) is 17.2. The summed E-state index contributed by atoms with van der Waals surface area (Å²) in [5.74, 6) is 0.542. The Kier molecular flexibility index (Phi) is 5.49. The Hall–Kier alpha value is -2.61. The number of aromatic nitrogens is 3. The van der Waals surface area contributed by atoms with Gasteiger partial charge in [0.25, 0.3) is 0 Å². The van der Waals surface area contributed by atoms with E-state index in [-0.39, 0.29) is 12.1 Å². The van der Waals surface area contributed by atoms with Crippen LogP contribution in [-0.4, -0.2) is 52.0 Å². The molecule has 2 aromatic heterocycles. The molecule has 0 radical (unpaired) electrons. The Morgan fingerprint density at radius 3 is 2.96 bits per heavy atom. The molecule has 3 heterocycles. The fraction of sp³-hybridized carbons (Fsp3) is 0.471. The standard InChI is InChI=1S/C17H23N5O3/c1-3-22-11-13(9-19-22)15-12-21(7-8-25-15)17(23)20-14-5-6-16(18-10-14)24-4-2/h5-6,9-11,15H,3-4,7-8,12H2,1-2H3,(H,20,23). The summed E-state index contributed by atoms with van der Waals surface area (Å²) >= 11 is 0. The Labute approximate surface area is 146 Å². The second-order valence-electron chi connectivity index (χ2n) is 5.68. The second kappa shape index (κ2) is 7.98. The number of anilines is 1. The number of carbonyl (C=O) groups excluding carboxylic acids is 1. The van der Waals surface area contributed by atoms with Gasteiger partial charge in [-0.05, 0) is 19.9 Å². The summed E-state index contributed by atoms with van der Waals surface area (Å²) in [6.07, 6.45) is 5.19. The lowest BCUT2D eigenvalue weighted by molar-refractivity contribution is -0.0135. The summed E-state index contributed by atoms with van der Waals surface area (Å²) in [6, 6.07) is 3.35. The Bertz CT molecular complexity index is 701. The molecule has 1 fully saturated rings. The number of aryl methyl sites for hydroxylation is 1. The lowest BCUT2D eigenvalue weighted by atomic mass is 10.1. The van der Waals surface area contributed by atoms with Crippen molar-refractivity contribution in [1.29, 1.82) is 0 Å². The number of nitrogens with zero attached hydrogens (tertiary/aromatic N) is 4. The van der Waals surface area contributed by atoms with Crippen LogP contribution in [0.5, 0.6) is 5.88 Å². The lowest BCUT2D eigenvalue weighted by Gasteiger charge is -2.32. The summed E-state index contributed by atoms with van der Waals surface area (Å²) in [4.78, 5) is 18.4. The van der Waals surface area contributed by atoms with Gasteiger partial charge >= 0.3 is 6.03 Å². The molecular weight excluding hydrogens is 322 g/mol. The molecule has 1 N–H and O–H groups in total. The SMILES string of the molecule is CCOc1ccc(NC(=O)N2CCOC(c3cnn(CC)c3)C2)cn1. The van der Waals surface area contributed by atoms with E-state index in [0.29, 0.717) is 37.9 Å². The van der Waals surface area contributed by atoms with Crippen molar-refractivity contribution >= 4 is 11.7 Å². The quantitative estimate of drug-likeness (QED) is 0.899. The molecule has 8 nitrogen and oxygen atoms in total. The summed E-state index contributed by atoms with van der Waals surface area (Å²) in [5, 5.41) is 7.13. The minimum absolute atomic E-state index is 0.154. The molecule has 0 aliphatic carbocycles. The number of hydrogen-bond donors (Lipinski definition) is 1. The zero-order chi connectivity index (χ0) is 17.6. The summed E-state index contributed by atoms with van der Waals surface area (Å²) in [5.41, 5.74) is 1.62. The van der Waals surface area contributed by atoms with Crippen LogP contribution in [0.4, 0.5) is 10.5 Å². The molecule has 8 heteroatoms. The van der Waals surface area contributed by atoms with Crippen molar-refractivity contribution in [2.75, 3.05) is 31.6 Å². The van der Waals surface area contributed by atoms with E-state index in [1.165, 1.54) is 0 Å². The van der Waals surface area contributed by atoms with Crippen LogP contribution in [-0.2, 0) is 11.3 Å². The van der Waals surface area contributed by atoms with Gasteiger partial charge in [0.15, 0.2) is 0 Å². The highest BCUT2D eigenvalue weighted by atomic mass is 16.5. The predicted octanol–water partition coefficient (Wildman–Crippen LogP) is 2.30. The number of rotatable bonds is 5. The molecule has 134 valence electrons. The number of amides is 2. The van der Waals surface area contributed by atoms with Crippen LogP contribution in [0, 0.1) is 0 Å². The Morgan fingerprint density at radius 2 is 2.28 bits per heavy atom. The molecule has 0 saturated carbocycles. The van der Waals surface area contributed by atoms with Crippen molar-refractivity contribution in [3.63, 3.8) is 0 Å². The first-order valence-corrected chi connectivity index (χ1v) is 8.48. The van der Waals surface area contributed by atoms with Gasteiger partial charge in [-0.2, -0.15) is 5.10 Å². The average Bonchev–Trinajstić information content (AvgIpc) is 3.13. The zero-order valence-corrected chi connectivity index (χ0v) is 14.5. The van der Waals surface area contributed by atoms with E-state index >= 15 is 0 Å². The summed E-state index contributed by atoms with van der Waals surface area (Å²) in [7, 11) is 0. The van der Waals surface area contributed by atoms with E-state index in [4.69, 9.17) is 9.47 Å². The van der Waals surface area contributed by atoms with Crippen molar-refractivity contribution in [3.05, 3.63) is 36.3 Å². The van der Waals surface area contributed by atoms with Crippen molar-refractivity contribution in [1.82, 2.24) is 19.7 Å². The molecule has 1 atom stereocenters. The number of ether oxygens (including phenoxy) is 2. The molecular formula is C17H23N5O3. The minimum atomic E-state index is -0.165. The van der Waals surface area contributed by atoms with Gasteiger partial charge in [-0.15, -0.1) is 0 Å². The fourth-order valence-corrected chi connectivity index (χ4v) is 2.64. The number of carbonyl (C=O) groups is 1. The molecule has 1 aliphatic rings. The third-order valence-electron chi connectivity index (χ3n) is 3.98. The first-order chi connectivity index (χ1) is 12.2. The van der Waals surface area contributed by atoms with Crippen LogP contribution in [0.2, 0.25) is 0 Å². The van der Waals surface area contributed by atoms with E-state index in [0.717, 1.165) is 12.1 Å². The lowest BCUT2D eigenvalue weighted by Crippen LogP contribution is -2.44. The summed E-state index contributed by atoms with van der Waals surface area (Å²) in [6.45, 7) is 6.83. The van der Waals surface area contributed by atoms with E-state index in [9.17, 15) is 4.79 Å². The van der Waals surface area contributed by atoms with Crippen molar-refractivity contribution in [3.8, 4) is 5.88 Å². The molecule has 0 bridgehead atoms. The first-order valence-electron chi connectivity index (χ1n) is 8.48. The monoisotopic (exact) mass is 345 g/mol. The number of urea groups is 1. The van der Waals surface area contributed by atoms with Crippen LogP contribution < -0.4 is 10.1 Å². The van der Waals surface area contributed by atoms with Crippen LogP contribution in [0.1, 0.15) is 25.5 Å². The molecule has 1 saturated heterocycles. The van der Waals surface area contributed by atoms with Crippen LogP contribution in [0.3, 0.4) is 0 Å². The van der Waals surface area contributed by atoms with E-state index in [1.54, 1.807) is 29.4 Å². The van der Waals surface area contributed by atoms with Gasteiger partial charge in [0.05, 0.1) is 37.8 Å². The molecule has 1 unspecified atom stereocenters. The van der Waals surface area contributed by atoms with E-state index in [1.807, 2.05) is 24.7 Å². The molecule has 3 rings (SSSR count). The van der Waals surface area contributed by atoms with Crippen molar-refractivity contribution in [2.24, 2.45) is 0 Å². The normalized spacial score (nSPS) is 17.4. The number of morpholine rings is 1. The number of pyridine rings is 1. The van der Waals surface area contributed by atoms with Gasteiger partial charge in [-0.1, -0.05) is 0 Å². The maximum absolute atomic E-state index is 12.5. The van der Waals surface area contributed by atoms with Crippen LogP contribution >= 0.6 is 0 Å². The third-order valence-corrected chi connectivity index (χ3v) is 3.98. The highest BCUT2D eigenvalue weighted by Gasteiger charge is 2.26. The molecule has 2 amide bonds. The van der Waals surface area contributed by atoms with Gasteiger partial charge in [0, 0.05) is 30.9 Å². The van der Waals surface area contributed by atoms with E-state index in [2.05, 4.69) is 15.4 Å². The third kappa shape index (κ3) is 4.27. The molecule has 1 aliphatic heterocycles. The molecule has 0 aromatic carbocycles. The maximum atomic E-state index is 12.5. The van der Waals surface area contributed by atoms with Gasteiger partial charge < -0.3 is 19.7 Å². The topological polar surface area (TPSA) is 81.5 Å². The highest BCUT2D eigenvalue weighted by Crippen LogP contribution is 2.22. The summed E-state index contributed by atoms with van der Waals surface area (Å²) < 4.78 is 12.9. The smallest absolute Gasteiger partial charge is 0.322 e. The van der Waals surface area contributed by atoms with Crippen LogP contribution in [0.15, 0.2) is 30.7 Å². The fourth-order valence-electron chi connectivity index (χ4n) is 2.64.